The number of hydrogen-bond donors (Lipinski definition) is 3. The Morgan fingerprint density at radius 3 is 1.44 bits per heavy atom. The molecule has 0 saturated heterocycles. The van der Waals surface area contributed by atoms with Crippen LogP contribution in [0.2, 0.25) is 0 Å². The van der Waals surface area contributed by atoms with Gasteiger partial charge in [-0.05, 0) is 12.1 Å². The zero-order valence-electron chi connectivity index (χ0n) is 26.2. The molecule has 0 atom stereocenters. The number of anilines is 2. The third-order valence-electron chi connectivity index (χ3n) is 9.72. The highest BCUT2D eigenvalue weighted by Gasteiger charge is 2.71. The van der Waals surface area contributed by atoms with E-state index in [1.54, 1.807) is 17.0 Å². The molecule has 0 aliphatic heterocycles. The minimum Gasteiger partial charge on any atom is -0.402 e. The number of hydrogen-bond acceptors (Lipinski definition) is 9. The van der Waals surface area contributed by atoms with Crippen molar-refractivity contribution in [2.45, 2.75) is 93.6 Å². The van der Waals surface area contributed by atoms with Crippen LogP contribution in [-0.2, 0) is 24.1 Å². The van der Waals surface area contributed by atoms with E-state index in [1.165, 1.54) is 18.5 Å². The normalized spacial score (nSPS) is 27.6. The van der Waals surface area contributed by atoms with Crippen LogP contribution in [0.4, 0.5) is 46.8 Å². The summed E-state index contributed by atoms with van der Waals surface area (Å²) in [7, 11) is 0. The van der Waals surface area contributed by atoms with Crippen LogP contribution in [0.1, 0.15) is 57.1 Å². The van der Waals surface area contributed by atoms with Crippen LogP contribution in [0.3, 0.4) is 0 Å². The molecule has 50 heavy (non-hydrogen) atoms. The number of alkyl halides is 8. The van der Waals surface area contributed by atoms with E-state index >= 15 is 0 Å². The van der Waals surface area contributed by atoms with Crippen LogP contribution in [0.25, 0.3) is 22.5 Å². The van der Waals surface area contributed by atoms with Crippen LogP contribution >= 0.6 is 0 Å². The maximum atomic E-state index is 13.8. The zero-order chi connectivity index (χ0) is 36.1. The fourth-order valence-corrected chi connectivity index (χ4v) is 7.64. The molecule has 4 bridgehead atoms. The summed E-state index contributed by atoms with van der Waals surface area (Å²) in [5, 5.41) is 9.51. The summed E-state index contributed by atoms with van der Waals surface area (Å²) in [5.41, 5.74) is 9.44. The minimum atomic E-state index is -4.90. The number of aryl methyl sites for hydroxylation is 1. The van der Waals surface area contributed by atoms with Crippen LogP contribution in [-0.4, -0.2) is 58.2 Å². The fourth-order valence-electron chi connectivity index (χ4n) is 7.64. The molecule has 0 unspecified atom stereocenters. The maximum absolute atomic E-state index is 13.8. The summed E-state index contributed by atoms with van der Waals surface area (Å²) in [4.78, 5) is 16.2. The first-order valence-electron chi connectivity index (χ1n) is 15.5. The molecule has 4 aromatic heterocycles. The molecule has 19 heteroatoms. The van der Waals surface area contributed by atoms with Gasteiger partial charge in [0, 0.05) is 80.9 Å². The Bertz CT molecular complexity index is 1790. The number of aliphatic hydroxyl groups is 1. The van der Waals surface area contributed by atoms with Gasteiger partial charge in [-0.25, -0.2) is 28.7 Å². The molecule has 268 valence electrons. The Hall–Kier alpha value is -4.68. The zero-order valence-corrected chi connectivity index (χ0v) is 26.2. The molecular weight excluding hydrogens is 684 g/mol. The fraction of sp³-hybridized carbons (Fsp3) is 0.484. The van der Waals surface area contributed by atoms with E-state index in [0.29, 0.717) is 67.7 Å². The lowest BCUT2D eigenvalue weighted by atomic mass is 9.47. The number of halogens is 8. The van der Waals surface area contributed by atoms with Crippen molar-refractivity contribution in [3.8, 4) is 34.0 Å². The van der Waals surface area contributed by atoms with Crippen LogP contribution < -0.4 is 20.9 Å². The number of rotatable bonds is 8. The second-order valence-electron chi connectivity index (χ2n) is 13.5. The highest BCUT2D eigenvalue weighted by Crippen LogP contribution is 2.68. The van der Waals surface area contributed by atoms with Crippen LogP contribution in [0, 0.1) is 0 Å². The number of nitrogens with zero attached hydrogens (tertiary/aromatic N) is 6. The minimum absolute atomic E-state index is 0.238. The Balaban J connectivity index is 0.000000157. The predicted octanol–water partition coefficient (Wildman–Crippen LogP) is 6.11. The summed E-state index contributed by atoms with van der Waals surface area (Å²) in [6, 6.07) is 2.25. The van der Waals surface area contributed by atoms with Gasteiger partial charge in [-0.2, -0.15) is 0 Å². The number of nitrogens with two attached hydrogens (primary N) is 2. The number of nitrogen functional groups attached to an aromatic ring is 2. The molecule has 4 heterocycles. The van der Waals surface area contributed by atoms with Crippen molar-refractivity contribution in [3.63, 3.8) is 0 Å². The van der Waals surface area contributed by atoms with E-state index in [2.05, 4.69) is 29.4 Å². The number of ether oxygens (including phenoxy) is 2. The third kappa shape index (κ3) is 5.83. The van der Waals surface area contributed by atoms with Gasteiger partial charge in [0.1, 0.15) is 29.6 Å². The SMILES string of the molecule is CCc1nc(-c2cnc(N)c(OC(F)(F)F)c2)cn1C12CC(F)(C1)C2.Nc1ncc(-c2cn(C34CC(F)(C3)C4)c(CO)n2)cc1OC(F)(F)F. The van der Waals surface area contributed by atoms with Gasteiger partial charge >= 0.3 is 12.7 Å². The molecule has 6 aliphatic rings. The highest BCUT2D eigenvalue weighted by atomic mass is 19.4. The number of aliphatic hydroxyl groups excluding tert-OH is 1. The molecule has 0 aromatic carbocycles. The van der Waals surface area contributed by atoms with Gasteiger partial charge < -0.3 is 35.2 Å². The van der Waals surface area contributed by atoms with Crippen molar-refractivity contribution < 1.29 is 49.7 Å². The van der Waals surface area contributed by atoms with Crippen LogP contribution in [0.5, 0.6) is 11.5 Å². The summed E-state index contributed by atoms with van der Waals surface area (Å²) in [5.74, 6) is -0.848. The third-order valence-corrected chi connectivity index (χ3v) is 9.72. The predicted molar refractivity (Wildman–Crippen MR) is 160 cm³/mol. The molecule has 6 aliphatic carbocycles. The molecule has 0 radical (unpaired) electrons. The molecule has 6 saturated carbocycles. The van der Waals surface area contributed by atoms with E-state index in [-0.39, 0.29) is 23.5 Å². The lowest BCUT2D eigenvalue weighted by Gasteiger charge is -2.66. The highest BCUT2D eigenvalue weighted by molar-refractivity contribution is 5.65. The number of imidazole rings is 2. The maximum Gasteiger partial charge on any atom is 0.573 e. The smallest absolute Gasteiger partial charge is 0.402 e. The Kier molecular flexibility index (Phi) is 7.37. The largest absolute Gasteiger partial charge is 0.573 e. The van der Waals surface area contributed by atoms with E-state index < -0.39 is 46.9 Å². The van der Waals surface area contributed by atoms with Crippen molar-refractivity contribution in [1.29, 1.82) is 0 Å². The number of pyridine rings is 2. The Morgan fingerprint density at radius 1 is 0.720 bits per heavy atom. The first-order chi connectivity index (χ1) is 23.3. The van der Waals surface area contributed by atoms with E-state index in [1.807, 2.05) is 11.5 Å². The van der Waals surface area contributed by atoms with Crippen molar-refractivity contribution in [2.75, 3.05) is 11.5 Å². The molecule has 0 amide bonds. The summed E-state index contributed by atoms with van der Waals surface area (Å²) in [6.45, 7) is 1.56. The Morgan fingerprint density at radius 2 is 1.10 bits per heavy atom. The molecule has 5 N–H and O–H groups in total. The topological polar surface area (TPSA) is 152 Å². The van der Waals surface area contributed by atoms with E-state index in [9.17, 15) is 40.2 Å². The van der Waals surface area contributed by atoms with Gasteiger partial charge in [-0.3, -0.25) is 0 Å². The van der Waals surface area contributed by atoms with Crippen LogP contribution in [0.15, 0.2) is 36.9 Å². The monoisotopic (exact) mass is 714 g/mol. The van der Waals surface area contributed by atoms with Gasteiger partial charge in [0.2, 0.25) is 0 Å². The molecule has 6 fully saturated rings. The second kappa shape index (κ2) is 10.9. The second-order valence-corrected chi connectivity index (χ2v) is 13.5. The first kappa shape index (κ1) is 33.8. The quantitative estimate of drug-likeness (QED) is 0.184. The number of aromatic nitrogens is 6. The molecule has 0 spiro atoms. The molecule has 11 nitrogen and oxygen atoms in total. The van der Waals surface area contributed by atoms with Gasteiger partial charge in [-0.1, -0.05) is 6.92 Å². The van der Waals surface area contributed by atoms with E-state index in [0.717, 1.165) is 11.9 Å². The molecule has 4 aromatic rings. The average Bonchev–Trinajstić information content (AvgIpc) is 3.59. The lowest BCUT2D eigenvalue weighted by molar-refractivity contribution is -0.275. The van der Waals surface area contributed by atoms with Crippen molar-refractivity contribution in [1.82, 2.24) is 29.1 Å². The van der Waals surface area contributed by atoms with Crippen molar-refractivity contribution >= 4 is 11.6 Å². The van der Waals surface area contributed by atoms with Gasteiger partial charge in [-0.15, -0.1) is 26.3 Å². The average molecular weight is 715 g/mol. The first-order valence-corrected chi connectivity index (χ1v) is 15.5. The van der Waals surface area contributed by atoms with Gasteiger partial charge in [0.05, 0.1) is 22.5 Å². The van der Waals surface area contributed by atoms with Crippen molar-refractivity contribution in [3.05, 3.63) is 48.6 Å². The van der Waals surface area contributed by atoms with Gasteiger partial charge in [0.15, 0.2) is 23.1 Å². The van der Waals surface area contributed by atoms with E-state index in [4.69, 9.17) is 11.5 Å². The summed E-state index contributed by atoms with van der Waals surface area (Å²) >= 11 is 0. The van der Waals surface area contributed by atoms with Crippen molar-refractivity contribution in [2.24, 2.45) is 0 Å². The lowest BCUT2D eigenvalue weighted by Crippen LogP contribution is -2.70. The Labute approximate surface area is 278 Å². The molecule has 10 rings (SSSR count). The van der Waals surface area contributed by atoms with Gasteiger partial charge in [0.25, 0.3) is 0 Å². The standard InChI is InChI=1S/C16H16F4N4O.C15H14F4N4O2/c1-2-12-23-10(5-24(12)15-6-14(17,7-15)8-15)9-3-11(13(21)22-4-9)25-16(18,19)20;16-13-5-14(6-13,7-13)23-3-9(22-11(23)4-24)8-1-10(12(20)21-2-8)25-15(17,18)19/h3-5H,2,6-8H2,1H3,(H2,21,22);1-3,24H,4-7H2,(H2,20,21). The molecular formula is C31H30F8N8O3. The summed E-state index contributed by atoms with van der Waals surface area (Å²) in [6.07, 6.45) is -0.709. The summed E-state index contributed by atoms with van der Waals surface area (Å²) < 4.78 is 114.